The summed E-state index contributed by atoms with van der Waals surface area (Å²) in [7, 11) is 2.21. The van der Waals surface area contributed by atoms with Crippen molar-refractivity contribution in [1.29, 1.82) is 0 Å². The van der Waals surface area contributed by atoms with Crippen molar-refractivity contribution in [1.82, 2.24) is 30.0 Å². The Morgan fingerprint density at radius 1 is 1.05 bits per heavy atom. The standard InChI is InChI=1S/C30H41N9O2S/c1-4-41-26-27(32-25-19-20(2)35-36-25)33-30(42-24-9-7-22(8-10-24)31-29(40)21-5-6-21)34-28(26)39-17-15-38(16-18-39)23-11-13-37(3)14-12-23/h7-10,19,21,23H,4-6,11-18H2,1-3H3,(H,31,40)(H2,32,33,34,35,36). The van der Waals surface area contributed by atoms with Gasteiger partial charge >= 0.3 is 0 Å². The Bertz CT molecular complexity index is 1360. The highest BCUT2D eigenvalue weighted by atomic mass is 32.2. The second-order valence-corrected chi connectivity index (χ2v) is 12.5. The molecule has 12 heteroatoms. The molecule has 3 fully saturated rings. The molecule has 0 unspecified atom stereocenters. The van der Waals surface area contributed by atoms with E-state index in [1.807, 2.05) is 44.2 Å². The maximum absolute atomic E-state index is 12.2. The molecule has 0 atom stereocenters. The summed E-state index contributed by atoms with van der Waals surface area (Å²) in [5.41, 5.74) is 1.77. The number of piperazine rings is 1. The van der Waals surface area contributed by atoms with Crippen LogP contribution in [0.4, 0.5) is 23.1 Å². The number of piperidine rings is 1. The molecule has 3 aliphatic rings. The molecule has 2 saturated heterocycles. The average molecular weight is 592 g/mol. The first-order valence-corrected chi connectivity index (χ1v) is 15.9. The van der Waals surface area contributed by atoms with E-state index in [1.54, 1.807) is 0 Å². The van der Waals surface area contributed by atoms with Gasteiger partial charge in [0.25, 0.3) is 0 Å². The Balaban J connectivity index is 1.24. The number of anilines is 4. The molecule has 6 rings (SSSR count). The molecule has 3 N–H and O–H groups in total. The molecule has 1 aliphatic carbocycles. The lowest BCUT2D eigenvalue weighted by Crippen LogP contribution is -2.53. The monoisotopic (exact) mass is 591 g/mol. The van der Waals surface area contributed by atoms with Crippen LogP contribution in [0.15, 0.2) is 40.4 Å². The molecule has 4 heterocycles. The van der Waals surface area contributed by atoms with Crippen LogP contribution < -0.4 is 20.3 Å². The van der Waals surface area contributed by atoms with Gasteiger partial charge in [-0.05, 0) is 95.7 Å². The highest BCUT2D eigenvalue weighted by Gasteiger charge is 2.31. The van der Waals surface area contributed by atoms with Gasteiger partial charge in [-0.2, -0.15) is 5.10 Å². The van der Waals surface area contributed by atoms with Gasteiger partial charge in [0.1, 0.15) is 0 Å². The molecule has 1 amide bonds. The van der Waals surface area contributed by atoms with Gasteiger partial charge in [-0.25, -0.2) is 9.97 Å². The van der Waals surface area contributed by atoms with E-state index in [-0.39, 0.29) is 11.8 Å². The third kappa shape index (κ3) is 6.99. The van der Waals surface area contributed by atoms with E-state index in [9.17, 15) is 4.79 Å². The number of aromatic nitrogens is 4. The van der Waals surface area contributed by atoms with Crippen LogP contribution in [-0.4, -0.2) is 94.8 Å². The predicted molar refractivity (Wildman–Crippen MR) is 166 cm³/mol. The van der Waals surface area contributed by atoms with Gasteiger partial charge < -0.3 is 25.2 Å². The summed E-state index contributed by atoms with van der Waals surface area (Å²) < 4.78 is 6.20. The van der Waals surface area contributed by atoms with Crippen molar-refractivity contribution in [3.8, 4) is 5.75 Å². The number of hydrogen-bond acceptors (Lipinski definition) is 10. The van der Waals surface area contributed by atoms with Crippen LogP contribution in [0.2, 0.25) is 0 Å². The van der Waals surface area contributed by atoms with Crippen LogP contribution >= 0.6 is 11.8 Å². The lowest BCUT2D eigenvalue weighted by molar-refractivity contribution is -0.117. The molecule has 1 aromatic carbocycles. The number of amides is 1. The van der Waals surface area contributed by atoms with Gasteiger partial charge in [-0.3, -0.25) is 14.8 Å². The Labute approximate surface area is 251 Å². The van der Waals surface area contributed by atoms with E-state index in [4.69, 9.17) is 14.7 Å². The molecule has 1 saturated carbocycles. The number of nitrogens with one attached hydrogen (secondary N) is 3. The van der Waals surface area contributed by atoms with Crippen molar-refractivity contribution in [3.05, 3.63) is 36.0 Å². The number of aryl methyl sites for hydroxylation is 1. The Morgan fingerprint density at radius 2 is 1.79 bits per heavy atom. The zero-order valence-electron chi connectivity index (χ0n) is 24.7. The third-order valence-electron chi connectivity index (χ3n) is 8.17. The Morgan fingerprint density at radius 3 is 2.43 bits per heavy atom. The molecule has 2 aliphatic heterocycles. The summed E-state index contributed by atoms with van der Waals surface area (Å²) in [6, 6.07) is 10.5. The number of nitrogens with zero attached hydrogens (tertiary/aromatic N) is 6. The van der Waals surface area contributed by atoms with Gasteiger partial charge in [0.05, 0.1) is 6.61 Å². The lowest BCUT2D eigenvalue weighted by atomic mass is 10.0. The third-order valence-corrected chi connectivity index (χ3v) is 9.04. The van der Waals surface area contributed by atoms with Crippen LogP contribution in [0.3, 0.4) is 0 Å². The summed E-state index contributed by atoms with van der Waals surface area (Å²) in [5, 5.41) is 14.4. The number of ether oxygens (including phenoxy) is 1. The second-order valence-electron chi connectivity index (χ2n) is 11.4. The first kappa shape index (κ1) is 28.8. The van der Waals surface area contributed by atoms with Crippen LogP contribution in [0.25, 0.3) is 0 Å². The average Bonchev–Trinajstić information content (AvgIpc) is 3.77. The number of rotatable bonds is 10. The maximum atomic E-state index is 12.2. The summed E-state index contributed by atoms with van der Waals surface area (Å²) >= 11 is 1.49. The topological polar surface area (TPSA) is 115 Å². The van der Waals surface area contributed by atoms with Crippen molar-refractivity contribution in [2.24, 2.45) is 5.92 Å². The second kappa shape index (κ2) is 12.9. The minimum Gasteiger partial charge on any atom is -0.487 e. The molecule has 42 heavy (non-hydrogen) atoms. The molecule has 0 radical (unpaired) electrons. The lowest BCUT2D eigenvalue weighted by Gasteiger charge is -2.42. The number of likely N-dealkylation sites (tertiary alicyclic amines) is 1. The van der Waals surface area contributed by atoms with Crippen molar-refractivity contribution < 1.29 is 9.53 Å². The van der Waals surface area contributed by atoms with Crippen molar-refractivity contribution in [2.45, 2.75) is 55.6 Å². The highest BCUT2D eigenvalue weighted by molar-refractivity contribution is 7.99. The van der Waals surface area contributed by atoms with E-state index in [0.29, 0.717) is 35.2 Å². The minimum absolute atomic E-state index is 0.107. The smallest absolute Gasteiger partial charge is 0.227 e. The van der Waals surface area contributed by atoms with Crippen molar-refractivity contribution >= 4 is 40.8 Å². The summed E-state index contributed by atoms with van der Waals surface area (Å²) in [6.07, 6.45) is 4.43. The normalized spacial score (nSPS) is 18.7. The quantitative estimate of drug-likeness (QED) is 0.294. The summed E-state index contributed by atoms with van der Waals surface area (Å²) in [4.78, 5) is 30.5. The number of carbonyl (C=O) groups excluding carboxylic acids is 1. The van der Waals surface area contributed by atoms with E-state index in [1.165, 1.54) is 37.7 Å². The van der Waals surface area contributed by atoms with Crippen LogP contribution in [0, 0.1) is 12.8 Å². The molecule has 3 aromatic rings. The Hall–Kier alpha value is -3.35. The first-order valence-electron chi connectivity index (χ1n) is 15.1. The molecule has 224 valence electrons. The van der Waals surface area contributed by atoms with E-state index >= 15 is 0 Å². The van der Waals surface area contributed by atoms with Gasteiger partial charge in [-0.1, -0.05) is 0 Å². The molecule has 11 nitrogen and oxygen atoms in total. The number of carbonyl (C=O) groups is 1. The zero-order chi connectivity index (χ0) is 29.1. The fraction of sp³-hybridized carbons (Fsp3) is 0.533. The minimum atomic E-state index is 0.107. The number of aromatic amines is 1. The van der Waals surface area contributed by atoms with Crippen LogP contribution in [0.1, 0.15) is 38.3 Å². The van der Waals surface area contributed by atoms with Gasteiger partial charge in [0.15, 0.2) is 22.6 Å². The van der Waals surface area contributed by atoms with E-state index < -0.39 is 0 Å². The maximum Gasteiger partial charge on any atom is 0.227 e. The fourth-order valence-electron chi connectivity index (χ4n) is 5.60. The largest absolute Gasteiger partial charge is 0.487 e. The highest BCUT2D eigenvalue weighted by Crippen LogP contribution is 2.39. The van der Waals surface area contributed by atoms with Crippen LogP contribution in [0.5, 0.6) is 5.75 Å². The molecule has 0 spiro atoms. The summed E-state index contributed by atoms with van der Waals surface area (Å²) in [5.74, 6) is 3.01. The van der Waals surface area contributed by atoms with Gasteiger partial charge in [0, 0.05) is 60.5 Å². The molecule has 2 aromatic heterocycles. The first-order chi connectivity index (χ1) is 20.4. The van der Waals surface area contributed by atoms with E-state index in [2.05, 4.69) is 42.6 Å². The number of hydrogen-bond donors (Lipinski definition) is 3. The predicted octanol–water partition coefficient (Wildman–Crippen LogP) is 4.37. The number of benzene rings is 1. The van der Waals surface area contributed by atoms with E-state index in [0.717, 1.165) is 61.1 Å². The summed E-state index contributed by atoms with van der Waals surface area (Å²) in [6.45, 7) is 10.5. The molecule has 0 bridgehead atoms. The molecular weight excluding hydrogens is 550 g/mol. The van der Waals surface area contributed by atoms with Gasteiger partial charge in [-0.15, -0.1) is 0 Å². The van der Waals surface area contributed by atoms with Crippen molar-refractivity contribution in [3.63, 3.8) is 0 Å². The Kier molecular flexibility index (Phi) is 8.82. The van der Waals surface area contributed by atoms with Crippen LogP contribution in [-0.2, 0) is 4.79 Å². The molecular formula is C30H41N9O2S. The van der Waals surface area contributed by atoms with Crippen molar-refractivity contribution in [2.75, 3.05) is 68.5 Å². The number of H-pyrrole nitrogens is 1. The fourth-order valence-corrected chi connectivity index (χ4v) is 6.36. The van der Waals surface area contributed by atoms with Gasteiger partial charge in [0.2, 0.25) is 11.7 Å². The zero-order valence-corrected chi connectivity index (χ0v) is 25.5. The SMILES string of the molecule is CCOc1c(Nc2cc(C)[nH]n2)nc(Sc2ccc(NC(=O)C3CC3)cc2)nc1N1CCN(C2CCN(C)CC2)CC1.